The third-order valence-electron chi connectivity index (χ3n) is 4.55. The van der Waals surface area contributed by atoms with E-state index >= 15 is 0 Å². The van der Waals surface area contributed by atoms with Gasteiger partial charge >= 0.3 is 0 Å². The molecular formula is C20H34IN3O2S. The highest BCUT2D eigenvalue weighted by Gasteiger charge is 2.25. The monoisotopic (exact) mass is 507 g/mol. The van der Waals surface area contributed by atoms with Gasteiger partial charge in [0.2, 0.25) is 0 Å². The molecule has 0 heterocycles. The molecule has 3 unspecified atom stereocenters. The Labute approximate surface area is 183 Å². The quantitative estimate of drug-likeness (QED) is 0.232. The molecule has 1 aliphatic carbocycles. The first-order chi connectivity index (χ1) is 12.7. The second-order valence-electron chi connectivity index (χ2n) is 6.58. The van der Waals surface area contributed by atoms with Crippen LogP contribution in [0.4, 0.5) is 0 Å². The van der Waals surface area contributed by atoms with E-state index < -0.39 is 10.8 Å². The Hall–Kier alpha value is -0.830. The van der Waals surface area contributed by atoms with Gasteiger partial charge in [0, 0.05) is 47.4 Å². The van der Waals surface area contributed by atoms with Gasteiger partial charge in [-0.1, -0.05) is 31.5 Å². The summed E-state index contributed by atoms with van der Waals surface area (Å²) in [5.74, 6) is 2.52. The summed E-state index contributed by atoms with van der Waals surface area (Å²) in [6.07, 6.45) is 5.20. The van der Waals surface area contributed by atoms with Crippen LogP contribution >= 0.6 is 24.0 Å². The molecule has 5 nitrogen and oxygen atoms in total. The molecule has 1 aliphatic rings. The summed E-state index contributed by atoms with van der Waals surface area (Å²) in [4.78, 5) is 4.67. The molecule has 1 fully saturated rings. The Morgan fingerprint density at radius 2 is 2.04 bits per heavy atom. The van der Waals surface area contributed by atoms with Gasteiger partial charge in [-0.25, -0.2) is 0 Å². The van der Waals surface area contributed by atoms with E-state index in [9.17, 15) is 4.21 Å². The number of rotatable bonds is 9. The lowest BCUT2D eigenvalue weighted by molar-refractivity contribution is 0.313. The van der Waals surface area contributed by atoms with E-state index in [0.29, 0.717) is 17.9 Å². The van der Waals surface area contributed by atoms with Gasteiger partial charge in [0.25, 0.3) is 0 Å². The molecule has 0 amide bonds. The Morgan fingerprint density at radius 3 is 2.74 bits per heavy atom. The number of aliphatic imine (C=N–C) groups is 1. The summed E-state index contributed by atoms with van der Waals surface area (Å²) in [5, 5.41) is 7.18. The molecule has 1 aromatic carbocycles. The first-order valence-electron chi connectivity index (χ1n) is 9.82. The normalized spacial score (nSPS) is 21.0. The predicted molar refractivity (Wildman–Crippen MR) is 126 cm³/mol. The minimum absolute atomic E-state index is 0. The zero-order valence-corrected chi connectivity index (χ0v) is 19.6. The van der Waals surface area contributed by atoms with Crippen LogP contribution in [0.1, 0.15) is 46.0 Å². The highest BCUT2D eigenvalue weighted by Crippen LogP contribution is 2.23. The lowest BCUT2D eigenvalue weighted by atomic mass is 9.95. The molecule has 1 aromatic rings. The van der Waals surface area contributed by atoms with Crippen molar-refractivity contribution < 1.29 is 8.95 Å². The maximum Gasteiger partial charge on any atom is 0.191 e. The minimum Gasteiger partial charge on any atom is -0.494 e. The van der Waals surface area contributed by atoms with Crippen LogP contribution in [0.25, 0.3) is 0 Å². The van der Waals surface area contributed by atoms with Crippen LogP contribution in [0, 0.1) is 0 Å². The van der Waals surface area contributed by atoms with Crippen LogP contribution in [-0.2, 0) is 10.8 Å². The summed E-state index contributed by atoms with van der Waals surface area (Å²) in [6.45, 7) is 6.30. The van der Waals surface area contributed by atoms with Gasteiger partial charge in [-0.3, -0.25) is 9.20 Å². The number of nitrogens with one attached hydrogen (secondary N) is 2. The molecule has 0 spiro atoms. The highest BCUT2D eigenvalue weighted by molar-refractivity contribution is 14.0. The number of guanidine groups is 1. The maximum absolute atomic E-state index is 12.1. The van der Waals surface area contributed by atoms with Crippen LogP contribution in [-0.4, -0.2) is 46.9 Å². The topological polar surface area (TPSA) is 62.7 Å². The molecule has 0 aromatic heterocycles. The lowest BCUT2D eigenvalue weighted by Gasteiger charge is -2.30. The van der Waals surface area contributed by atoms with E-state index in [1.807, 2.05) is 37.3 Å². The minimum atomic E-state index is -0.696. The maximum atomic E-state index is 12.1. The fourth-order valence-corrected chi connectivity index (χ4v) is 4.57. The van der Waals surface area contributed by atoms with E-state index in [1.165, 1.54) is 0 Å². The van der Waals surface area contributed by atoms with Gasteiger partial charge in [-0.2, -0.15) is 0 Å². The van der Waals surface area contributed by atoms with Gasteiger partial charge in [0.1, 0.15) is 5.75 Å². The molecule has 154 valence electrons. The lowest BCUT2D eigenvalue weighted by Crippen LogP contribution is -2.46. The van der Waals surface area contributed by atoms with Crippen LogP contribution in [0.15, 0.2) is 35.3 Å². The smallest absolute Gasteiger partial charge is 0.191 e. The molecule has 27 heavy (non-hydrogen) atoms. The Bertz CT molecular complexity index is 572. The summed E-state index contributed by atoms with van der Waals surface area (Å²) < 4.78 is 17.8. The number of benzene rings is 1. The summed E-state index contributed by atoms with van der Waals surface area (Å²) >= 11 is 0. The average molecular weight is 507 g/mol. The molecule has 0 aliphatic heterocycles. The molecule has 0 bridgehead atoms. The number of nitrogens with zero attached hydrogens (tertiary/aromatic N) is 1. The zero-order chi connectivity index (χ0) is 18.6. The largest absolute Gasteiger partial charge is 0.494 e. The molecule has 0 radical (unpaired) electrons. The van der Waals surface area contributed by atoms with Crippen molar-refractivity contribution in [1.29, 1.82) is 0 Å². The standard InChI is InChI=1S/C20H33N3O2S.HI/c1-3-21-20(22-14-9-15-25-18-11-6-5-7-12-18)23-17-10-8-13-19(16-17)26(24)4-2;/h5-7,11-12,17,19H,3-4,8-10,13-16H2,1-2H3,(H2,21,22,23);1H. The van der Waals surface area contributed by atoms with E-state index in [0.717, 1.165) is 62.7 Å². The Kier molecular flexibility index (Phi) is 12.7. The first kappa shape index (κ1) is 24.2. The zero-order valence-electron chi connectivity index (χ0n) is 16.5. The van der Waals surface area contributed by atoms with E-state index in [-0.39, 0.29) is 24.0 Å². The molecule has 2 rings (SSSR count). The fraction of sp³-hybridized carbons (Fsp3) is 0.650. The summed E-state index contributed by atoms with van der Waals surface area (Å²) in [5.41, 5.74) is 0. The van der Waals surface area contributed by atoms with Crippen molar-refractivity contribution in [2.75, 3.05) is 25.4 Å². The number of ether oxygens (including phenoxy) is 1. The molecule has 7 heteroatoms. The SMILES string of the molecule is CCNC(=NCCCOc1ccccc1)NC1CCCC(S(=O)CC)C1.I. The first-order valence-corrected chi connectivity index (χ1v) is 11.2. The molecule has 0 saturated heterocycles. The Balaban J connectivity index is 0.00000364. The number of halogens is 1. The van der Waals surface area contributed by atoms with Crippen molar-refractivity contribution in [2.24, 2.45) is 4.99 Å². The molecule has 3 atom stereocenters. The molecule has 1 saturated carbocycles. The second-order valence-corrected chi connectivity index (χ2v) is 8.58. The van der Waals surface area contributed by atoms with E-state index in [4.69, 9.17) is 4.74 Å². The second kappa shape index (κ2) is 14.2. The van der Waals surface area contributed by atoms with Crippen LogP contribution in [0.3, 0.4) is 0 Å². The van der Waals surface area contributed by atoms with Crippen LogP contribution in [0.2, 0.25) is 0 Å². The van der Waals surface area contributed by atoms with Gasteiger partial charge in [-0.05, 0) is 38.3 Å². The molecular weight excluding hydrogens is 473 g/mol. The van der Waals surface area contributed by atoms with Gasteiger partial charge in [-0.15, -0.1) is 24.0 Å². The molecule has 2 N–H and O–H groups in total. The predicted octanol–water partition coefficient (Wildman–Crippen LogP) is 3.71. The third-order valence-corrected chi connectivity index (χ3v) is 6.29. The van der Waals surface area contributed by atoms with Gasteiger partial charge < -0.3 is 15.4 Å². The van der Waals surface area contributed by atoms with Gasteiger partial charge in [0.15, 0.2) is 5.96 Å². The summed E-state index contributed by atoms with van der Waals surface area (Å²) in [7, 11) is -0.696. The van der Waals surface area contributed by atoms with Crippen molar-refractivity contribution in [3.63, 3.8) is 0 Å². The third kappa shape index (κ3) is 9.27. The Morgan fingerprint density at radius 1 is 1.26 bits per heavy atom. The number of hydrogen-bond donors (Lipinski definition) is 2. The van der Waals surface area contributed by atoms with Crippen molar-refractivity contribution in [3.05, 3.63) is 30.3 Å². The van der Waals surface area contributed by atoms with Crippen molar-refractivity contribution in [2.45, 2.75) is 57.2 Å². The van der Waals surface area contributed by atoms with Gasteiger partial charge in [0.05, 0.1) is 6.61 Å². The average Bonchev–Trinajstić information content (AvgIpc) is 2.68. The van der Waals surface area contributed by atoms with Crippen LogP contribution < -0.4 is 15.4 Å². The fourth-order valence-electron chi connectivity index (χ4n) is 3.23. The van der Waals surface area contributed by atoms with E-state index in [2.05, 4.69) is 22.5 Å². The number of hydrogen-bond acceptors (Lipinski definition) is 3. The summed E-state index contributed by atoms with van der Waals surface area (Å²) in [6, 6.07) is 10.2. The van der Waals surface area contributed by atoms with Crippen LogP contribution in [0.5, 0.6) is 5.75 Å². The highest BCUT2D eigenvalue weighted by atomic mass is 127. The number of para-hydroxylation sites is 1. The van der Waals surface area contributed by atoms with Crippen molar-refractivity contribution in [1.82, 2.24) is 10.6 Å². The van der Waals surface area contributed by atoms with Crippen molar-refractivity contribution in [3.8, 4) is 5.75 Å². The van der Waals surface area contributed by atoms with Crippen molar-refractivity contribution >= 4 is 40.7 Å². The van der Waals surface area contributed by atoms with E-state index in [1.54, 1.807) is 0 Å².